The molecule has 6 heteroatoms. The van der Waals surface area contributed by atoms with Crippen LogP contribution in [0.15, 0.2) is 55.0 Å². The average molecular weight is 387 g/mol. The van der Waals surface area contributed by atoms with E-state index < -0.39 is 0 Å². The molecule has 3 aromatic rings. The average Bonchev–Trinajstić information content (AvgIpc) is 2.77. The Hall–Kier alpha value is -3.28. The third-order valence-electron chi connectivity index (χ3n) is 5.36. The molecule has 1 aliphatic rings. The fourth-order valence-corrected chi connectivity index (χ4v) is 3.67. The standard InChI is InChI=1S/C23H25N5O/c1-16-7-8-19(26-22(29)18-5-3-2-4-6-18)15-21(16)28-23-25-14-11-20(27-23)17-9-12-24-13-10-17/h7-15,18H,2-6H2,1H3,(H,26,29)(H,25,27,28). The van der Waals surface area contributed by atoms with E-state index in [1.807, 2.05) is 43.3 Å². The molecule has 0 unspecified atom stereocenters. The van der Waals surface area contributed by atoms with E-state index in [1.165, 1.54) is 6.42 Å². The molecule has 148 valence electrons. The first-order valence-electron chi connectivity index (χ1n) is 10.1. The van der Waals surface area contributed by atoms with E-state index in [0.29, 0.717) is 5.95 Å². The van der Waals surface area contributed by atoms with Gasteiger partial charge in [0.05, 0.1) is 5.69 Å². The maximum Gasteiger partial charge on any atom is 0.227 e. The number of pyridine rings is 1. The number of benzene rings is 1. The van der Waals surface area contributed by atoms with Crippen LogP contribution in [0.25, 0.3) is 11.3 Å². The lowest BCUT2D eigenvalue weighted by Gasteiger charge is -2.21. The molecule has 0 spiro atoms. The smallest absolute Gasteiger partial charge is 0.227 e. The van der Waals surface area contributed by atoms with Crippen molar-refractivity contribution in [1.82, 2.24) is 15.0 Å². The van der Waals surface area contributed by atoms with Gasteiger partial charge in [0, 0.05) is 41.4 Å². The van der Waals surface area contributed by atoms with Crippen molar-refractivity contribution in [3.8, 4) is 11.3 Å². The summed E-state index contributed by atoms with van der Waals surface area (Å²) in [7, 11) is 0. The predicted molar refractivity (Wildman–Crippen MR) is 115 cm³/mol. The van der Waals surface area contributed by atoms with Crippen LogP contribution < -0.4 is 10.6 Å². The second-order valence-corrected chi connectivity index (χ2v) is 7.48. The Morgan fingerprint density at radius 1 is 1.00 bits per heavy atom. The molecule has 2 N–H and O–H groups in total. The van der Waals surface area contributed by atoms with Crippen LogP contribution in [-0.4, -0.2) is 20.9 Å². The van der Waals surface area contributed by atoms with Gasteiger partial charge in [-0.2, -0.15) is 0 Å². The monoisotopic (exact) mass is 387 g/mol. The summed E-state index contributed by atoms with van der Waals surface area (Å²) in [5.74, 6) is 0.760. The van der Waals surface area contributed by atoms with Crippen molar-refractivity contribution in [2.75, 3.05) is 10.6 Å². The van der Waals surface area contributed by atoms with Crippen LogP contribution in [0.5, 0.6) is 0 Å². The van der Waals surface area contributed by atoms with Crippen LogP contribution in [0.1, 0.15) is 37.7 Å². The Bertz CT molecular complexity index is 984. The minimum Gasteiger partial charge on any atom is -0.326 e. The summed E-state index contributed by atoms with van der Waals surface area (Å²) >= 11 is 0. The molecule has 2 heterocycles. The highest BCUT2D eigenvalue weighted by molar-refractivity contribution is 5.93. The van der Waals surface area contributed by atoms with Gasteiger partial charge < -0.3 is 10.6 Å². The number of aryl methyl sites for hydroxylation is 1. The Balaban J connectivity index is 1.50. The number of carbonyl (C=O) groups is 1. The van der Waals surface area contributed by atoms with Gasteiger partial charge >= 0.3 is 0 Å². The number of anilines is 3. The SMILES string of the molecule is Cc1ccc(NC(=O)C2CCCCC2)cc1Nc1nccc(-c2ccncc2)n1. The summed E-state index contributed by atoms with van der Waals surface area (Å²) in [6.07, 6.45) is 10.7. The predicted octanol–water partition coefficient (Wildman–Crippen LogP) is 5.11. The van der Waals surface area contributed by atoms with Gasteiger partial charge in [0.2, 0.25) is 11.9 Å². The molecule has 1 aromatic carbocycles. The molecule has 1 aliphatic carbocycles. The number of hydrogen-bond donors (Lipinski definition) is 2. The Labute approximate surface area is 170 Å². The summed E-state index contributed by atoms with van der Waals surface area (Å²) in [4.78, 5) is 25.6. The third kappa shape index (κ3) is 4.77. The molecule has 2 aromatic heterocycles. The number of nitrogens with zero attached hydrogens (tertiary/aromatic N) is 3. The van der Waals surface area contributed by atoms with Crippen LogP contribution >= 0.6 is 0 Å². The molecule has 0 atom stereocenters. The number of aromatic nitrogens is 3. The van der Waals surface area contributed by atoms with E-state index in [1.54, 1.807) is 18.6 Å². The third-order valence-corrected chi connectivity index (χ3v) is 5.36. The Morgan fingerprint density at radius 2 is 1.79 bits per heavy atom. The second kappa shape index (κ2) is 8.82. The normalized spacial score (nSPS) is 14.4. The van der Waals surface area contributed by atoms with E-state index >= 15 is 0 Å². The van der Waals surface area contributed by atoms with Crippen molar-refractivity contribution < 1.29 is 4.79 Å². The molecule has 0 saturated heterocycles. The van der Waals surface area contributed by atoms with Gasteiger partial charge in [0.15, 0.2) is 0 Å². The molecular weight excluding hydrogens is 362 g/mol. The zero-order valence-electron chi connectivity index (χ0n) is 16.6. The zero-order valence-corrected chi connectivity index (χ0v) is 16.6. The summed E-state index contributed by atoms with van der Waals surface area (Å²) in [5, 5.41) is 6.36. The van der Waals surface area contributed by atoms with Crippen molar-refractivity contribution in [1.29, 1.82) is 0 Å². The largest absolute Gasteiger partial charge is 0.326 e. The molecule has 1 fully saturated rings. The van der Waals surface area contributed by atoms with Crippen LogP contribution in [0.3, 0.4) is 0 Å². The van der Waals surface area contributed by atoms with Crippen LogP contribution in [-0.2, 0) is 4.79 Å². The molecule has 0 bridgehead atoms. The molecule has 4 rings (SSSR count). The van der Waals surface area contributed by atoms with E-state index in [9.17, 15) is 4.79 Å². The summed E-state index contributed by atoms with van der Waals surface area (Å²) in [6, 6.07) is 11.6. The number of amides is 1. The number of rotatable bonds is 5. The van der Waals surface area contributed by atoms with Gasteiger partial charge in [-0.05, 0) is 55.7 Å². The summed E-state index contributed by atoms with van der Waals surface area (Å²) in [6.45, 7) is 2.02. The summed E-state index contributed by atoms with van der Waals surface area (Å²) < 4.78 is 0. The molecule has 6 nitrogen and oxygen atoms in total. The number of carbonyl (C=O) groups excluding carboxylic acids is 1. The lowest BCUT2D eigenvalue weighted by Crippen LogP contribution is -2.24. The first kappa shape index (κ1) is 19.1. The number of nitrogens with one attached hydrogen (secondary N) is 2. The van der Waals surface area contributed by atoms with Crippen molar-refractivity contribution in [3.05, 3.63) is 60.6 Å². The molecular formula is C23H25N5O. The van der Waals surface area contributed by atoms with E-state index in [2.05, 4.69) is 25.6 Å². The van der Waals surface area contributed by atoms with Crippen molar-refractivity contribution in [2.24, 2.45) is 5.92 Å². The quantitative estimate of drug-likeness (QED) is 0.636. The van der Waals surface area contributed by atoms with Crippen LogP contribution in [0.4, 0.5) is 17.3 Å². The highest BCUT2D eigenvalue weighted by atomic mass is 16.1. The van der Waals surface area contributed by atoms with Gasteiger partial charge in [0.1, 0.15) is 0 Å². The lowest BCUT2D eigenvalue weighted by atomic mass is 9.88. The lowest BCUT2D eigenvalue weighted by molar-refractivity contribution is -0.120. The molecule has 29 heavy (non-hydrogen) atoms. The molecule has 0 aliphatic heterocycles. The fourth-order valence-electron chi connectivity index (χ4n) is 3.67. The van der Waals surface area contributed by atoms with Crippen molar-refractivity contribution in [3.63, 3.8) is 0 Å². The Morgan fingerprint density at radius 3 is 2.59 bits per heavy atom. The van der Waals surface area contributed by atoms with E-state index in [4.69, 9.17) is 0 Å². The van der Waals surface area contributed by atoms with Crippen LogP contribution in [0, 0.1) is 12.8 Å². The maximum absolute atomic E-state index is 12.6. The van der Waals surface area contributed by atoms with Crippen molar-refractivity contribution >= 4 is 23.2 Å². The fraction of sp³-hybridized carbons (Fsp3) is 0.304. The van der Waals surface area contributed by atoms with Gasteiger partial charge in [-0.15, -0.1) is 0 Å². The van der Waals surface area contributed by atoms with Gasteiger partial charge in [0.25, 0.3) is 0 Å². The van der Waals surface area contributed by atoms with Gasteiger partial charge in [-0.25, -0.2) is 9.97 Å². The minimum atomic E-state index is 0.121. The van der Waals surface area contributed by atoms with Crippen LogP contribution in [0.2, 0.25) is 0 Å². The minimum absolute atomic E-state index is 0.121. The maximum atomic E-state index is 12.6. The van der Waals surface area contributed by atoms with E-state index in [0.717, 1.165) is 53.9 Å². The van der Waals surface area contributed by atoms with Gasteiger partial charge in [-0.1, -0.05) is 25.3 Å². The summed E-state index contributed by atoms with van der Waals surface area (Å²) in [5.41, 5.74) is 4.52. The first-order chi connectivity index (χ1) is 14.2. The number of hydrogen-bond acceptors (Lipinski definition) is 5. The Kier molecular flexibility index (Phi) is 5.79. The molecule has 1 amide bonds. The molecule has 1 saturated carbocycles. The van der Waals surface area contributed by atoms with E-state index in [-0.39, 0.29) is 11.8 Å². The zero-order chi connectivity index (χ0) is 20.1. The van der Waals surface area contributed by atoms with Crippen molar-refractivity contribution in [2.45, 2.75) is 39.0 Å². The molecule has 0 radical (unpaired) electrons. The highest BCUT2D eigenvalue weighted by Gasteiger charge is 2.21. The van der Waals surface area contributed by atoms with Gasteiger partial charge in [-0.3, -0.25) is 9.78 Å². The first-order valence-corrected chi connectivity index (χ1v) is 10.1. The topological polar surface area (TPSA) is 79.8 Å². The highest BCUT2D eigenvalue weighted by Crippen LogP contribution is 2.27. The second-order valence-electron chi connectivity index (χ2n) is 7.48.